The van der Waals surface area contributed by atoms with E-state index in [0.29, 0.717) is 21.5 Å². The number of alkyl halides is 3. The molecule has 0 aliphatic carbocycles. The summed E-state index contributed by atoms with van der Waals surface area (Å²) in [5.74, 6) is 0.659. The minimum atomic E-state index is -4.56. The van der Waals surface area contributed by atoms with Crippen LogP contribution in [-0.4, -0.2) is 21.7 Å². The highest BCUT2D eigenvalue weighted by Gasteiger charge is 2.34. The molecular formula is C19H15ClF3NO2S2. The molecule has 1 aromatic carbocycles. The van der Waals surface area contributed by atoms with Gasteiger partial charge in [0, 0.05) is 18.2 Å². The van der Waals surface area contributed by atoms with Gasteiger partial charge in [0.1, 0.15) is 15.8 Å². The standard InChI is InChI=1S/C19H15ClF3NO2S2/c1-10(2)9-24-17(25)16(28-18(24)27)8-12-4-6-15(26-12)11-3-5-14(20)13(7-11)19(21,22)23/h3-8,10H,9H2,1-2H3. The zero-order chi connectivity index (χ0) is 20.6. The van der Waals surface area contributed by atoms with E-state index in [1.54, 1.807) is 18.2 Å². The van der Waals surface area contributed by atoms with Crippen LogP contribution in [0.2, 0.25) is 5.02 Å². The Bertz CT molecular complexity index is 966. The number of rotatable bonds is 4. The predicted molar refractivity (Wildman–Crippen MR) is 109 cm³/mol. The number of amides is 1. The van der Waals surface area contributed by atoms with Crippen molar-refractivity contribution >= 4 is 51.9 Å². The number of furan rings is 1. The number of thioether (sulfide) groups is 1. The van der Waals surface area contributed by atoms with Gasteiger partial charge in [0.15, 0.2) is 0 Å². The van der Waals surface area contributed by atoms with E-state index < -0.39 is 11.7 Å². The molecule has 1 aliphatic heterocycles. The molecule has 2 heterocycles. The third kappa shape index (κ3) is 4.45. The van der Waals surface area contributed by atoms with Gasteiger partial charge in [0.2, 0.25) is 0 Å². The van der Waals surface area contributed by atoms with Gasteiger partial charge < -0.3 is 4.42 Å². The predicted octanol–water partition coefficient (Wildman–Crippen LogP) is 6.48. The molecule has 0 N–H and O–H groups in total. The van der Waals surface area contributed by atoms with Crippen LogP contribution in [0, 0.1) is 5.92 Å². The third-order valence-corrected chi connectivity index (χ3v) is 5.59. The fourth-order valence-electron chi connectivity index (χ4n) is 2.63. The Morgan fingerprint density at radius 1 is 1.29 bits per heavy atom. The van der Waals surface area contributed by atoms with Gasteiger partial charge in [-0.2, -0.15) is 13.2 Å². The smallest absolute Gasteiger partial charge is 0.417 e. The van der Waals surface area contributed by atoms with Gasteiger partial charge in [0.25, 0.3) is 5.91 Å². The van der Waals surface area contributed by atoms with Crippen molar-refractivity contribution in [2.45, 2.75) is 20.0 Å². The number of carbonyl (C=O) groups is 1. The Hall–Kier alpha value is -1.77. The minimum absolute atomic E-state index is 0.201. The van der Waals surface area contributed by atoms with E-state index >= 15 is 0 Å². The first-order valence-electron chi connectivity index (χ1n) is 8.28. The van der Waals surface area contributed by atoms with Crippen LogP contribution in [0.25, 0.3) is 17.4 Å². The summed E-state index contributed by atoms with van der Waals surface area (Å²) in [7, 11) is 0. The second kappa shape index (κ2) is 7.93. The molecule has 1 aliphatic rings. The second-order valence-electron chi connectivity index (χ2n) is 6.58. The van der Waals surface area contributed by atoms with E-state index in [0.717, 1.165) is 6.07 Å². The number of halogens is 4. The van der Waals surface area contributed by atoms with E-state index in [1.807, 2.05) is 13.8 Å². The molecule has 1 saturated heterocycles. The first kappa shape index (κ1) is 21.0. The average molecular weight is 446 g/mol. The van der Waals surface area contributed by atoms with Crippen molar-refractivity contribution in [2.24, 2.45) is 5.92 Å². The first-order valence-corrected chi connectivity index (χ1v) is 9.89. The highest BCUT2D eigenvalue weighted by atomic mass is 35.5. The summed E-state index contributed by atoms with van der Waals surface area (Å²) in [4.78, 5) is 14.4. The number of hydrogen-bond acceptors (Lipinski definition) is 4. The molecule has 3 nitrogen and oxygen atoms in total. The molecule has 0 bridgehead atoms. The third-order valence-electron chi connectivity index (χ3n) is 3.88. The number of hydrogen-bond donors (Lipinski definition) is 0. The maximum Gasteiger partial charge on any atom is 0.417 e. The maximum atomic E-state index is 13.0. The molecule has 1 aromatic heterocycles. The summed E-state index contributed by atoms with van der Waals surface area (Å²) in [5, 5.41) is -0.378. The Labute approximate surface area is 174 Å². The van der Waals surface area contributed by atoms with Gasteiger partial charge in [-0.3, -0.25) is 9.69 Å². The zero-order valence-corrected chi connectivity index (χ0v) is 17.2. The minimum Gasteiger partial charge on any atom is -0.457 e. The molecule has 1 fully saturated rings. The Morgan fingerprint density at radius 2 is 2.00 bits per heavy atom. The molecule has 0 spiro atoms. The SMILES string of the molecule is CC(C)CN1C(=O)C(=Cc2ccc(-c3ccc(Cl)c(C(F)(F)F)c3)o2)SC1=S. The molecule has 0 atom stereocenters. The van der Waals surface area contributed by atoms with Gasteiger partial charge >= 0.3 is 6.18 Å². The summed E-state index contributed by atoms with van der Waals surface area (Å²) < 4.78 is 45.2. The van der Waals surface area contributed by atoms with E-state index in [4.69, 9.17) is 28.2 Å². The van der Waals surface area contributed by atoms with E-state index in [2.05, 4.69) is 0 Å². The van der Waals surface area contributed by atoms with Crippen molar-refractivity contribution in [1.82, 2.24) is 4.90 Å². The number of benzene rings is 1. The van der Waals surface area contributed by atoms with Crippen molar-refractivity contribution in [2.75, 3.05) is 6.54 Å². The van der Waals surface area contributed by atoms with Crippen molar-refractivity contribution in [3.05, 3.63) is 51.6 Å². The summed E-state index contributed by atoms with van der Waals surface area (Å²) in [6.07, 6.45) is -3.02. The van der Waals surface area contributed by atoms with E-state index in [1.165, 1.54) is 28.8 Å². The fraction of sp³-hybridized carbons (Fsp3) is 0.263. The molecule has 2 aromatic rings. The molecule has 3 rings (SSSR count). The molecule has 0 radical (unpaired) electrons. The highest BCUT2D eigenvalue weighted by molar-refractivity contribution is 8.26. The molecule has 9 heteroatoms. The van der Waals surface area contributed by atoms with Crippen molar-refractivity contribution < 1.29 is 22.4 Å². The lowest BCUT2D eigenvalue weighted by Gasteiger charge is -2.16. The van der Waals surface area contributed by atoms with Crippen LogP contribution in [0.4, 0.5) is 13.2 Å². The lowest BCUT2D eigenvalue weighted by molar-refractivity contribution is -0.137. The van der Waals surface area contributed by atoms with E-state index in [-0.39, 0.29) is 28.2 Å². The van der Waals surface area contributed by atoms with E-state index in [9.17, 15) is 18.0 Å². The van der Waals surface area contributed by atoms with Gasteiger partial charge in [-0.1, -0.05) is 49.4 Å². The zero-order valence-electron chi connectivity index (χ0n) is 14.8. The molecule has 0 unspecified atom stereocenters. The topological polar surface area (TPSA) is 33.5 Å². The van der Waals surface area contributed by atoms with Crippen molar-refractivity contribution in [3.8, 4) is 11.3 Å². The number of thiocarbonyl (C=S) groups is 1. The van der Waals surface area contributed by atoms with Gasteiger partial charge in [0.05, 0.1) is 15.5 Å². The van der Waals surface area contributed by atoms with Gasteiger partial charge in [-0.05, 0) is 36.2 Å². The molecule has 28 heavy (non-hydrogen) atoms. The van der Waals surface area contributed by atoms with Crippen LogP contribution >= 0.6 is 35.6 Å². The highest BCUT2D eigenvalue weighted by Crippen LogP contribution is 2.38. The first-order chi connectivity index (χ1) is 13.1. The number of carbonyl (C=O) groups excluding carboxylic acids is 1. The van der Waals surface area contributed by atoms with Crippen molar-refractivity contribution in [1.29, 1.82) is 0 Å². The summed E-state index contributed by atoms with van der Waals surface area (Å²) in [6, 6.07) is 6.70. The Morgan fingerprint density at radius 3 is 2.64 bits per heavy atom. The maximum absolute atomic E-state index is 13.0. The normalized spacial score (nSPS) is 16.7. The Kier molecular flexibility index (Phi) is 5.93. The summed E-state index contributed by atoms with van der Waals surface area (Å²) >= 11 is 12.1. The molecule has 148 valence electrons. The molecule has 0 saturated carbocycles. The van der Waals surface area contributed by atoms with Crippen molar-refractivity contribution in [3.63, 3.8) is 0 Å². The summed E-state index contributed by atoms with van der Waals surface area (Å²) in [5.41, 5.74) is -0.692. The monoisotopic (exact) mass is 445 g/mol. The molecule has 1 amide bonds. The average Bonchev–Trinajstić information content (AvgIpc) is 3.15. The van der Waals surface area contributed by atoms with Gasteiger partial charge in [-0.25, -0.2) is 0 Å². The van der Waals surface area contributed by atoms with Crippen LogP contribution in [0.5, 0.6) is 0 Å². The van der Waals surface area contributed by atoms with Crippen LogP contribution in [0.15, 0.2) is 39.7 Å². The van der Waals surface area contributed by atoms with Gasteiger partial charge in [-0.15, -0.1) is 0 Å². The summed E-state index contributed by atoms with van der Waals surface area (Å²) in [6.45, 7) is 4.50. The van der Waals surface area contributed by atoms with Crippen LogP contribution in [0.3, 0.4) is 0 Å². The fourth-order valence-corrected chi connectivity index (χ4v) is 4.11. The second-order valence-corrected chi connectivity index (χ2v) is 8.66. The quantitative estimate of drug-likeness (QED) is 0.398. The van der Waals surface area contributed by atoms with Crippen LogP contribution < -0.4 is 0 Å². The number of nitrogens with zero attached hydrogens (tertiary/aromatic N) is 1. The van der Waals surface area contributed by atoms with Crippen LogP contribution in [0.1, 0.15) is 25.2 Å². The van der Waals surface area contributed by atoms with Crippen LogP contribution in [-0.2, 0) is 11.0 Å². The lowest BCUT2D eigenvalue weighted by atomic mass is 10.1. The molecular weight excluding hydrogens is 431 g/mol. The lowest BCUT2D eigenvalue weighted by Crippen LogP contribution is -2.31. The Balaban J connectivity index is 1.87. The largest absolute Gasteiger partial charge is 0.457 e.